The number of carbonyl (C=O) groups is 1. The second kappa shape index (κ2) is 7.54. The molecule has 0 fully saturated rings. The molecule has 0 aliphatic rings. The van der Waals surface area contributed by atoms with Gasteiger partial charge in [0.15, 0.2) is 0 Å². The van der Waals surface area contributed by atoms with E-state index in [4.69, 9.17) is 0 Å². The Balaban J connectivity index is 1.88. The average molecular weight is 370 g/mol. The van der Waals surface area contributed by atoms with Crippen molar-refractivity contribution in [3.05, 3.63) is 56.9 Å². The molecule has 0 saturated carbocycles. The third-order valence-electron chi connectivity index (χ3n) is 3.84. The van der Waals surface area contributed by atoms with Crippen LogP contribution >= 0.6 is 0 Å². The molecule has 0 bridgehead atoms. The maximum absolute atomic E-state index is 12.5. The van der Waals surface area contributed by atoms with Gasteiger partial charge in [-0.3, -0.25) is 19.6 Å². The van der Waals surface area contributed by atoms with Gasteiger partial charge in [-0.1, -0.05) is 12.1 Å². The highest BCUT2D eigenvalue weighted by atomic mass is 19.4. The number of hydrogen-bond acceptors (Lipinski definition) is 4. The molecular formula is C16H17F3N4O3. The van der Waals surface area contributed by atoms with Crippen LogP contribution in [0.1, 0.15) is 22.5 Å². The maximum atomic E-state index is 12.5. The van der Waals surface area contributed by atoms with Crippen LogP contribution in [-0.4, -0.2) is 27.2 Å². The smallest absolute Gasteiger partial charge is 0.354 e. The van der Waals surface area contributed by atoms with Crippen molar-refractivity contribution in [2.24, 2.45) is 0 Å². The van der Waals surface area contributed by atoms with Gasteiger partial charge >= 0.3 is 11.9 Å². The molecule has 2 rings (SSSR count). The van der Waals surface area contributed by atoms with Crippen LogP contribution in [0.15, 0.2) is 24.3 Å². The predicted molar refractivity (Wildman–Crippen MR) is 86.5 cm³/mol. The summed E-state index contributed by atoms with van der Waals surface area (Å²) in [5, 5.41) is 17.5. The van der Waals surface area contributed by atoms with Crippen molar-refractivity contribution >= 4 is 11.6 Å². The lowest BCUT2D eigenvalue weighted by atomic mass is 10.1. The van der Waals surface area contributed by atoms with Crippen molar-refractivity contribution in [1.82, 2.24) is 15.1 Å². The zero-order chi connectivity index (χ0) is 19.5. The van der Waals surface area contributed by atoms with E-state index in [1.165, 1.54) is 30.7 Å². The molecule has 0 saturated heterocycles. The number of nitrogens with zero attached hydrogens (tertiary/aromatic N) is 3. The fourth-order valence-corrected chi connectivity index (χ4v) is 2.50. The molecular weight excluding hydrogens is 353 g/mol. The van der Waals surface area contributed by atoms with Crippen molar-refractivity contribution in [1.29, 1.82) is 0 Å². The highest BCUT2D eigenvalue weighted by molar-refractivity contribution is 5.75. The first-order chi connectivity index (χ1) is 12.1. The number of nitrogens with one attached hydrogen (secondary N) is 1. The first-order valence-electron chi connectivity index (χ1n) is 7.71. The largest absolute Gasteiger partial charge is 0.416 e. The second-order valence-electron chi connectivity index (χ2n) is 5.73. The summed E-state index contributed by atoms with van der Waals surface area (Å²) in [6.45, 7) is 3.05. The van der Waals surface area contributed by atoms with Crippen LogP contribution < -0.4 is 5.32 Å². The summed E-state index contributed by atoms with van der Waals surface area (Å²) >= 11 is 0. The summed E-state index contributed by atoms with van der Waals surface area (Å²) in [6.07, 6.45) is -4.02. The average Bonchev–Trinajstić information content (AvgIpc) is 2.81. The van der Waals surface area contributed by atoms with E-state index in [1.807, 2.05) is 0 Å². The molecule has 1 aromatic carbocycles. The Morgan fingerprint density at radius 1 is 1.27 bits per heavy atom. The zero-order valence-electron chi connectivity index (χ0n) is 14.1. The van der Waals surface area contributed by atoms with Gasteiger partial charge in [0.1, 0.15) is 17.9 Å². The molecule has 10 heteroatoms. The molecule has 0 aliphatic carbocycles. The van der Waals surface area contributed by atoms with Gasteiger partial charge < -0.3 is 5.32 Å². The molecule has 7 nitrogen and oxygen atoms in total. The van der Waals surface area contributed by atoms with E-state index in [9.17, 15) is 28.1 Å². The molecule has 1 heterocycles. The van der Waals surface area contributed by atoms with E-state index in [0.717, 1.165) is 12.1 Å². The highest BCUT2D eigenvalue weighted by Gasteiger charge is 2.29. The summed E-state index contributed by atoms with van der Waals surface area (Å²) in [7, 11) is 0. The van der Waals surface area contributed by atoms with E-state index in [-0.39, 0.29) is 30.2 Å². The minimum atomic E-state index is -4.38. The van der Waals surface area contributed by atoms with Crippen molar-refractivity contribution in [2.45, 2.75) is 33.0 Å². The minimum Gasteiger partial charge on any atom is -0.354 e. The third kappa shape index (κ3) is 4.58. The summed E-state index contributed by atoms with van der Waals surface area (Å²) in [5.74, 6) is -0.391. The number of amides is 1. The summed E-state index contributed by atoms with van der Waals surface area (Å²) in [5.41, 5.74) is 0.314. The zero-order valence-corrected chi connectivity index (χ0v) is 14.1. The molecule has 2 aromatic rings. The third-order valence-corrected chi connectivity index (χ3v) is 3.84. The monoisotopic (exact) mass is 370 g/mol. The van der Waals surface area contributed by atoms with Crippen LogP contribution in [0.25, 0.3) is 0 Å². The quantitative estimate of drug-likeness (QED) is 0.625. The number of halogens is 3. The van der Waals surface area contributed by atoms with Crippen LogP contribution in [0.4, 0.5) is 18.9 Å². The Bertz CT molecular complexity index is 813. The minimum absolute atomic E-state index is 0.123. The fraction of sp³-hybridized carbons (Fsp3) is 0.375. The number of nitro groups is 1. The van der Waals surface area contributed by atoms with Crippen molar-refractivity contribution in [3.8, 4) is 0 Å². The van der Waals surface area contributed by atoms with Gasteiger partial charge in [0.05, 0.1) is 10.5 Å². The van der Waals surface area contributed by atoms with Gasteiger partial charge in [-0.15, -0.1) is 0 Å². The Labute approximate surface area is 147 Å². The summed E-state index contributed by atoms with van der Waals surface area (Å²) in [6, 6.07) is 4.71. The molecule has 0 aliphatic heterocycles. The number of rotatable bonds is 6. The number of benzene rings is 1. The molecule has 0 spiro atoms. The first-order valence-corrected chi connectivity index (χ1v) is 7.71. The molecule has 1 amide bonds. The van der Waals surface area contributed by atoms with Crippen LogP contribution in [0.3, 0.4) is 0 Å². The molecule has 1 N–H and O–H groups in total. The van der Waals surface area contributed by atoms with E-state index in [0.29, 0.717) is 12.0 Å². The Morgan fingerprint density at radius 3 is 2.38 bits per heavy atom. The Kier molecular flexibility index (Phi) is 5.63. The fourth-order valence-electron chi connectivity index (χ4n) is 2.50. The number of aryl methyl sites for hydroxylation is 1. The summed E-state index contributed by atoms with van der Waals surface area (Å²) in [4.78, 5) is 22.3. The molecule has 26 heavy (non-hydrogen) atoms. The van der Waals surface area contributed by atoms with Gasteiger partial charge in [0.25, 0.3) is 0 Å². The number of alkyl halides is 3. The van der Waals surface area contributed by atoms with Gasteiger partial charge in [-0.2, -0.15) is 18.3 Å². The molecule has 1 aromatic heterocycles. The topological polar surface area (TPSA) is 90.1 Å². The van der Waals surface area contributed by atoms with Gasteiger partial charge in [-0.05, 0) is 38.0 Å². The van der Waals surface area contributed by atoms with E-state index < -0.39 is 22.6 Å². The molecule has 0 radical (unpaired) electrons. The van der Waals surface area contributed by atoms with Crippen molar-refractivity contribution in [3.63, 3.8) is 0 Å². The Hall–Kier alpha value is -2.91. The standard InChI is InChI=1S/C16H17F3N4O3/c1-10-15(23(25)26)11(2)22(21-10)9-14(24)20-8-7-12-3-5-13(6-4-12)16(17,18)19/h3-6H,7-9H2,1-2H3,(H,20,24). The van der Waals surface area contributed by atoms with E-state index in [1.54, 1.807) is 0 Å². The van der Waals surface area contributed by atoms with Crippen molar-refractivity contribution < 1.29 is 22.9 Å². The normalized spacial score (nSPS) is 11.4. The number of aromatic nitrogens is 2. The van der Waals surface area contributed by atoms with Crippen LogP contribution in [0, 0.1) is 24.0 Å². The highest BCUT2D eigenvalue weighted by Crippen LogP contribution is 2.29. The number of hydrogen-bond donors (Lipinski definition) is 1. The lowest BCUT2D eigenvalue weighted by Crippen LogP contribution is -2.30. The van der Waals surface area contributed by atoms with Crippen LogP contribution in [0.2, 0.25) is 0 Å². The summed E-state index contributed by atoms with van der Waals surface area (Å²) < 4.78 is 38.7. The Morgan fingerprint density at radius 2 is 1.88 bits per heavy atom. The lowest BCUT2D eigenvalue weighted by molar-refractivity contribution is -0.386. The number of carbonyl (C=O) groups excluding carboxylic acids is 1. The second-order valence-corrected chi connectivity index (χ2v) is 5.73. The maximum Gasteiger partial charge on any atom is 0.416 e. The van der Waals surface area contributed by atoms with E-state index in [2.05, 4.69) is 10.4 Å². The van der Waals surface area contributed by atoms with Gasteiger partial charge in [0.2, 0.25) is 5.91 Å². The predicted octanol–water partition coefficient (Wildman–Crippen LogP) is 2.79. The van der Waals surface area contributed by atoms with Crippen LogP contribution in [0.5, 0.6) is 0 Å². The molecule has 140 valence electrons. The van der Waals surface area contributed by atoms with Gasteiger partial charge in [-0.25, -0.2) is 0 Å². The SMILES string of the molecule is Cc1nn(CC(=O)NCCc2ccc(C(F)(F)F)cc2)c(C)c1[N+](=O)[O-]. The van der Waals surface area contributed by atoms with Gasteiger partial charge in [0, 0.05) is 6.54 Å². The van der Waals surface area contributed by atoms with Crippen molar-refractivity contribution in [2.75, 3.05) is 6.54 Å². The first kappa shape index (κ1) is 19.4. The van der Waals surface area contributed by atoms with Crippen LogP contribution in [-0.2, 0) is 23.9 Å². The van der Waals surface area contributed by atoms with E-state index >= 15 is 0 Å². The molecule has 0 unspecified atom stereocenters. The molecule has 0 atom stereocenters. The lowest BCUT2D eigenvalue weighted by Gasteiger charge is -2.09.